The summed E-state index contributed by atoms with van der Waals surface area (Å²) in [5.41, 5.74) is 5.27. The van der Waals surface area contributed by atoms with Gasteiger partial charge < -0.3 is 15.8 Å². The maximum atomic E-state index is 10.8. The number of carbonyl (C=O) groups is 1. The highest BCUT2D eigenvalue weighted by Crippen LogP contribution is 1.85. The lowest BCUT2D eigenvalue weighted by Gasteiger charge is -2.09. The van der Waals surface area contributed by atoms with E-state index in [2.05, 4.69) is 10.1 Å². The first-order chi connectivity index (χ1) is 5.22. The largest absolute Gasteiger partial charge is 0.468 e. The Kier molecular flexibility index (Phi) is 5.78. The average molecular weight is 160 g/mol. The molecule has 0 radical (unpaired) electrons. The van der Waals surface area contributed by atoms with Crippen LogP contribution in [0.5, 0.6) is 0 Å². The highest BCUT2D eigenvalue weighted by molar-refractivity contribution is 5.74. The maximum Gasteiger partial charge on any atom is 0.322 e. The van der Waals surface area contributed by atoms with Crippen LogP contribution in [0.25, 0.3) is 0 Å². The van der Waals surface area contributed by atoms with Gasteiger partial charge >= 0.3 is 5.97 Å². The van der Waals surface area contributed by atoms with E-state index in [1.54, 1.807) is 6.92 Å². The Bertz CT molecular complexity index is 117. The predicted molar refractivity (Wildman–Crippen MR) is 43.2 cm³/mol. The number of hydrogen-bond acceptors (Lipinski definition) is 4. The first-order valence-electron chi connectivity index (χ1n) is 3.73. The van der Waals surface area contributed by atoms with E-state index in [4.69, 9.17) is 5.73 Å². The van der Waals surface area contributed by atoms with Crippen LogP contribution >= 0.6 is 0 Å². The van der Waals surface area contributed by atoms with Gasteiger partial charge in [0.2, 0.25) is 0 Å². The number of hydrogen-bond donors (Lipinski definition) is 2. The summed E-state index contributed by atoms with van der Waals surface area (Å²) in [6.07, 6.45) is 0.876. The maximum absolute atomic E-state index is 10.8. The van der Waals surface area contributed by atoms with Gasteiger partial charge in [0.05, 0.1) is 7.11 Å². The first-order valence-corrected chi connectivity index (χ1v) is 3.73. The molecule has 11 heavy (non-hydrogen) atoms. The normalized spacial score (nSPS) is 12.6. The molecule has 0 aliphatic rings. The molecule has 0 saturated carbocycles. The highest BCUT2D eigenvalue weighted by Gasteiger charge is 2.10. The monoisotopic (exact) mass is 160 g/mol. The van der Waals surface area contributed by atoms with Crippen LogP contribution in [0.2, 0.25) is 0 Å². The van der Waals surface area contributed by atoms with Crippen LogP contribution in [0, 0.1) is 0 Å². The quantitative estimate of drug-likeness (QED) is 0.420. The molecule has 66 valence electrons. The van der Waals surface area contributed by atoms with E-state index < -0.39 is 0 Å². The summed E-state index contributed by atoms with van der Waals surface area (Å²) in [7, 11) is 1.38. The van der Waals surface area contributed by atoms with Crippen LogP contribution in [-0.4, -0.2) is 32.2 Å². The molecule has 0 amide bonds. The summed E-state index contributed by atoms with van der Waals surface area (Å²) in [5, 5.41) is 2.98. The SMILES string of the molecule is COC(=O)C(C)NCCCN. The van der Waals surface area contributed by atoms with Crippen molar-refractivity contribution in [2.24, 2.45) is 5.73 Å². The van der Waals surface area contributed by atoms with Crippen molar-refractivity contribution >= 4 is 5.97 Å². The third kappa shape index (κ3) is 4.75. The third-order valence-corrected chi connectivity index (χ3v) is 1.39. The molecule has 0 heterocycles. The second-order valence-electron chi connectivity index (χ2n) is 2.34. The lowest BCUT2D eigenvalue weighted by Crippen LogP contribution is -2.35. The Labute approximate surface area is 67.1 Å². The van der Waals surface area contributed by atoms with Crippen LogP contribution in [-0.2, 0) is 9.53 Å². The van der Waals surface area contributed by atoms with Gasteiger partial charge in [-0.05, 0) is 26.4 Å². The summed E-state index contributed by atoms with van der Waals surface area (Å²) in [4.78, 5) is 10.8. The molecule has 0 saturated heterocycles. The molecule has 1 unspecified atom stereocenters. The summed E-state index contributed by atoms with van der Waals surface area (Å²) in [6.45, 7) is 3.16. The number of esters is 1. The van der Waals surface area contributed by atoms with Crippen molar-refractivity contribution < 1.29 is 9.53 Å². The number of methoxy groups -OCH3 is 1. The molecule has 0 aromatic heterocycles. The topological polar surface area (TPSA) is 64.3 Å². The summed E-state index contributed by atoms with van der Waals surface area (Å²) < 4.78 is 4.51. The number of carbonyl (C=O) groups excluding carboxylic acids is 1. The van der Waals surface area contributed by atoms with Crippen LogP contribution in [0.1, 0.15) is 13.3 Å². The highest BCUT2D eigenvalue weighted by atomic mass is 16.5. The predicted octanol–water partition coefficient (Wildman–Crippen LogP) is -0.514. The molecule has 0 fully saturated rings. The minimum atomic E-state index is -0.234. The standard InChI is InChI=1S/C7H16N2O2/c1-6(7(10)11-2)9-5-3-4-8/h6,9H,3-5,8H2,1-2H3. The van der Waals surface area contributed by atoms with Gasteiger partial charge in [-0.25, -0.2) is 0 Å². The molecule has 3 N–H and O–H groups in total. The van der Waals surface area contributed by atoms with E-state index in [9.17, 15) is 4.79 Å². The molecule has 0 aliphatic carbocycles. The zero-order chi connectivity index (χ0) is 8.69. The molecule has 0 spiro atoms. The van der Waals surface area contributed by atoms with Gasteiger partial charge in [0.25, 0.3) is 0 Å². The van der Waals surface area contributed by atoms with Crippen molar-refractivity contribution in [2.75, 3.05) is 20.2 Å². The molecular formula is C7H16N2O2. The smallest absolute Gasteiger partial charge is 0.322 e. The van der Waals surface area contributed by atoms with Crippen LogP contribution in [0.3, 0.4) is 0 Å². The van der Waals surface area contributed by atoms with Crippen molar-refractivity contribution in [3.63, 3.8) is 0 Å². The van der Waals surface area contributed by atoms with Gasteiger partial charge in [0, 0.05) is 0 Å². The number of ether oxygens (including phenoxy) is 1. The Hall–Kier alpha value is -0.610. The molecule has 0 aromatic rings. The first kappa shape index (κ1) is 10.4. The molecule has 0 bridgehead atoms. The number of nitrogens with one attached hydrogen (secondary N) is 1. The van der Waals surface area contributed by atoms with Crippen molar-refractivity contribution in [2.45, 2.75) is 19.4 Å². The Morgan fingerprint density at radius 3 is 2.82 bits per heavy atom. The van der Waals surface area contributed by atoms with Crippen molar-refractivity contribution in [1.82, 2.24) is 5.32 Å². The van der Waals surface area contributed by atoms with Crippen LogP contribution in [0.15, 0.2) is 0 Å². The van der Waals surface area contributed by atoms with Crippen molar-refractivity contribution in [3.05, 3.63) is 0 Å². The molecular weight excluding hydrogens is 144 g/mol. The van der Waals surface area contributed by atoms with Gasteiger partial charge in [0.15, 0.2) is 0 Å². The second kappa shape index (κ2) is 6.12. The van der Waals surface area contributed by atoms with Crippen LogP contribution < -0.4 is 11.1 Å². The van der Waals surface area contributed by atoms with Crippen molar-refractivity contribution in [3.8, 4) is 0 Å². The third-order valence-electron chi connectivity index (χ3n) is 1.39. The van der Waals surface area contributed by atoms with E-state index in [0.717, 1.165) is 13.0 Å². The van der Waals surface area contributed by atoms with E-state index in [0.29, 0.717) is 6.54 Å². The molecule has 0 aromatic carbocycles. The lowest BCUT2D eigenvalue weighted by atomic mass is 10.3. The van der Waals surface area contributed by atoms with Gasteiger partial charge in [-0.15, -0.1) is 0 Å². The van der Waals surface area contributed by atoms with Crippen molar-refractivity contribution in [1.29, 1.82) is 0 Å². The number of rotatable bonds is 5. The molecule has 0 rings (SSSR count). The molecule has 1 atom stereocenters. The van der Waals surface area contributed by atoms with E-state index in [1.807, 2.05) is 0 Å². The summed E-state index contributed by atoms with van der Waals surface area (Å²) in [6, 6.07) is -0.230. The van der Waals surface area contributed by atoms with E-state index in [1.165, 1.54) is 7.11 Å². The second-order valence-corrected chi connectivity index (χ2v) is 2.34. The Morgan fingerprint density at radius 1 is 1.73 bits per heavy atom. The zero-order valence-corrected chi connectivity index (χ0v) is 7.09. The summed E-state index contributed by atoms with van der Waals surface area (Å²) >= 11 is 0. The average Bonchev–Trinajstić information content (AvgIpc) is 2.03. The Balaban J connectivity index is 3.36. The summed E-state index contributed by atoms with van der Waals surface area (Å²) in [5.74, 6) is -0.234. The lowest BCUT2D eigenvalue weighted by molar-refractivity contribution is -0.142. The fourth-order valence-electron chi connectivity index (χ4n) is 0.681. The fourth-order valence-corrected chi connectivity index (χ4v) is 0.681. The molecule has 0 aliphatic heterocycles. The minimum Gasteiger partial charge on any atom is -0.468 e. The van der Waals surface area contributed by atoms with Crippen LogP contribution in [0.4, 0.5) is 0 Å². The number of nitrogens with two attached hydrogens (primary N) is 1. The fraction of sp³-hybridized carbons (Fsp3) is 0.857. The molecule has 4 heteroatoms. The van der Waals surface area contributed by atoms with Gasteiger partial charge in [-0.1, -0.05) is 0 Å². The molecule has 4 nitrogen and oxygen atoms in total. The van der Waals surface area contributed by atoms with Gasteiger partial charge in [-0.2, -0.15) is 0 Å². The van der Waals surface area contributed by atoms with Gasteiger partial charge in [0.1, 0.15) is 6.04 Å². The zero-order valence-electron chi connectivity index (χ0n) is 7.09. The minimum absolute atomic E-state index is 0.230. The van der Waals surface area contributed by atoms with Gasteiger partial charge in [-0.3, -0.25) is 4.79 Å². The van der Waals surface area contributed by atoms with E-state index >= 15 is 0 Å². The Morgan fingerprint density at radius 2 is 2.36 bits per heavy atom. The van der Waals surface area contributed by atoms with E-state index in [-0.39, 0.29) is 12.0 Å².